The fourth-order valence-electron chi connectivity index (χ4n) is 2.19. The van der Waals surface area contributed by atoms with Crippen LogP contribution in [0.5, 0.6) is 0 Å². The van der Waals surface area contributed by atoms with Crippen LogP contribution in [0.3, 0.4) is 0 Å². The molecule has 6 nitrogen and oxygen atoms in total. The fourth-order valence-corrected chi connectivity index (χ4v) is 3.08. The van der Waals surface area contributed by atoms with Crippen LogP contribution in [-0.4, -0.2) is 20.4 Å². The molecule has 0 bridgehead atoms. The third-order valence-electron chi connectivity index (χ3n) is 3.19. The maximum atomic E-state index is 12.1. The smallest absolute Gasteiger partial charge is 0.300 e. The molecule has 0 spiro atoms. The van der Waals surface area contributed by atoms with E-state index in [0.29, 0.717) is 16.5 Å². The summed E-state index contributed by atoms with van der Waals surface area (Å²) in [4.78, 5) is 32.1. The van der Waals surface area contributed by atoms with E-state index < -0.39 is 5.69 Å². The van der Waals surface area contributed by atoms with Crippen molar-refractivity contribution in [3.8, 4) is 0 Å². The van der Waals surface area contributed by atoms with Crippen molar-refractivity contribution < 1.29 is 4.79 Å². The Hall–Kier alpha value is -2.54. The molecule has 1 N–H and O–H groups in total. The molecule has 0 saturated heterocycles. The first-order valence-corrected chi connectivity index (χ1v) is 7.55. The molecule has 2 aromatic heterocycles. The van der Waals surface area contributed by atoms with Gasteiger partial charge in [-0.3, -0.25) is 9.36 Å². The molecule has 0 aliphatic heterocycles. The number of fused-ring (bicyclic) bond motifs is 1. The monoisotopic (exact) mass is 314 g/mol. The molecule has 1 amide bonds. The van der Waals surface area contributed by atoms with Crippen molar-refractivity contribution in [3.63, 3.8) is 0 Å². The summed E-state index contributed by atoms with van der Waals surface area (Å²) in [7, 11) is 0. The van der Waals surface area contributed by atoms with Crippen molar-refractivity contribution in [1.29, 1.82) is 0 Å². The number of thiazole rings is 1. The van der Waals surface area contributed by atoms with Gasteiger partial charge >= 0.3 is 5.69 Å². The van der Waals surface area contributed by atoms with Crippen molar-refractivity contribution in [2.45, 2.75) is 20.4 Å². The number of amides is 1. The quantitative estimate of drug-likeness (QED) is 0.803. The van der Waals surface area contributed by atoms with E-state index in [4.69, 9.17) is 0 Å². The summed E-state index contributed by atoms with van der Waals surface area (Å²) in [5.41, 5.74) is 1.77. The van der Waals surface area contributed by atoms with Crippen LogP contribution < -0.4 is 11.0 Å². The number of carbonyl (C=O) groups is 1. The summed E-state index contributed by atoms with van der Waals surface area (Å²) >= 11 is 1.40. The Morgan fingerprint density at radius 1 is 1.27 bits per heavy atom. The summed E-state index contributed by atoms with van der Waals surface area (Å²) < 4.78 is 2.35. The average molecular weight is 314 g/mol. The highest BCUT2D eigenvalue weighted by Crippen LogP contribution is 2.25. The van der Waals surface area contributed by atoms with E-state index in [1.165, 1.54) is 15.9 Å². The average Bonchev–Trinajstić information content (AvgIpc) is 2.84. The molecule has 1 aromatic carbocycles. The zero-order chi connectivity index (χ0) is 15.7. The molecular weight excluding hydrogens is 300 g/mol. The first-order chi connectivity index (χ1) is 10.5. The Kier molecular flexibility index (Phi) is 3.72. The minimum atomic E-state index is -0.419. The number of anilines is 1. The molecule has 2 heterocycles. The molecule has 3 rings (SSSR count). The number of rotatable bonds is 3. The van der Waals surface area contributed by atoms with E-state index in [-0.39, 0.29) is 12.5 Å². The van der Waals surface area contributed by atoms with Gasteiger partial charge in [0.15, 0.2) is 5.13 Å². The molecule has 22 heavy (non-hydrogen) atoms. The Morgan fingerprint density at radius 3 is 2.77 bits per heavy atom. The van der Waals surface area contributed by atoms with Crippen LogP contribution in [0.2, 0.25) is 0 Å². The highest BCUT2D eigenvalue weighted by atomic mass is 32.1. The van der Waals surface area contributed by atoms with Gasteiger partial charge in [0, 0.05) is 11.4 Å². The van der Waals surface area contributed by atoms with Crippen molar-refractivity contribution in [1.82, 2.24) is 14.5 Å². The molecule has 0 aliphatic carbocycles. The lowest BCUT2D eigenvalue weighted by Crippen LogP contribution is -2.31. The lowest BCUT2D eigenvalue weighted by molar-refractivity contribution is -0.116. The van der Waals surface area contributed by atoms with Gasteiger partial charge in [0.25, 0.3) is 0 Å². The van der Waals surface area contributed by atoms with Crippen LogP contribution >= 0.6 is 11.3 Å². The van der Waals surface area contributed by atoms with E-state index in [9.17, 15) is 9.59 Å². The van der Waals surface area contributed by atoms with Gasteiger partial charge in [0.05, 0.1) is 10.2 Å². The third kappa shape index (κ3) is 2.89. The SMILES string of the molecule is Cc1cc(C)n(CC(=O)Nc2nc3ccccc3s2)c(=O)n1. The molecule has 7 heteroatoms. The lowest BCUT2D eigenvalue weighted by Gasteiger charge is -2.08. The number of nitrogens with one attached hydrogen (secondary N) is 1. The number of nitrogens with zero attached hydrogens (tertiary/aromatic N) is 3. The predicted molar refractivity (Wildman–Crippen MR) is 86.2 cm³/mol. The maximum Gasteiger partial charge on any atom is 0.348 e. The summed E-state index contributed by atoms with van der Waals surface area (Å²) in [6.07, 6.45) is 0. The summed E-state index contributed by atoms with van der Waals surface area (Å²) in [5.74, 6) is -0.296. The molecule has 3 aromatic rings. The topological polar surface area (TPSA) is 76.9 Å². The maximum absolute atomic E-state index is 12.1. The number of benzene rings is 1. The van der Waals surface area contributed by atoms with Crippen LogP contribution in [-0.2, 0) is 11.3 Å². The Balaban J connectivity index is 1.79. The molecule has 112 valence electrons. The molecule has 0 unspecified atom stereocenters. The van der Waals surface area contributed by atoms with Crippen LogP contribution in [0.1, 0.15) is 11.4 Å². The van der Waals surface area contributed by atoms with Crippen molar-refractivity contribution in [2.75, 3.05) is 5.32 Å². The second-order valence-corrected chi connectivity index (χ2v) is 5.97. The minimum Gasteiger partial charge on any atom is -0.300 e. The van der Waals surface area contributed by atoms with Gasteiger partial charge in [-0.05, 0) is 32.0 Å². The van der Waals surface area contributed by atoms with Gasteiger partial charge in [-0.2, -0.15) is 4.98 Å². The second-order valence-electron chi connectivity index (χ2n) is 4.94. The number of hydrogen-bond acceptors (Lipinski definition) is 5. The second kappa shape index (κ2) is 5.69. The van der Waals surface area contributed by atoms with Crippen LogP contribution in [0.4, 0.5) is 5.13 Å². The Morgan fingerprint density at radius 2 is 2.05 bits per heavy atom. The van der Waals surface area contributed by atoms with Crippen LogP contribution in [0, 0.1) is 13.8 Å². The first kappa shape index (κ1) is 14.4. The zero-order valence-electron chi connectivity index (χ0n) is 12.2. The number of aryl methyl sites for hydroxylation is 2. The molecule has 0 aliphatic rings. The zero-order valence-corrected chi connectivity index (χ0v) is 13.0. The Bertz CT molecular complexity index is 880. The predicted octanol–water partition coefficient (Wildman–Crippen LogP) is 2.11. The Labute approximate surface area is 130 Å². The van der Waals surface area contributed by atoms with Crippen molar-refractivity contribution in [3.05, 3.63) is 52.2 Å². The van der Waals surface area contributed by atoms with Crippen molar-refractivity contribution in [2.24, 2.45) is 0 Å². The highest BCUT2D eigenvalue weighted by Gasteiger charge is 2.11. The van der Waals surface area contributed by atoms with E-state index in [1.807, 2.05) is 24.3 Å². The summed E-state index contributed by atoms with van der Waals surface area (Å²) in [6, 6.07) is 9.43. The van der Waals surface area contributed by atoms with Gasteiger partial charge in [-0.1, -0.05) is 23.5 Å². The standard InChI is InChI=1S/C15H14N4O2S/c1-9-7-10(2)19(15(21)16-9)8-13(20)18-14-17-11-5-3-4-6-12(11)22-14/h3-7H,8H2,1-2H3,(H,17,18,20). The molecule has 0 fully saturated rings. The van der Waals surface area contributed by atoms with Gasteiger partial charge in [0.1, 0.15) is 6.54 Å². The third-order valence-corrected chi connectivity index (χ3v) is 4.14. The number of hydrogen-bond donors (Lipinski definition) is 1. The molecule has 0 atom stereocenters. The fraction of sp³-hybridized carbons (Fsp3) is 0.200. The number of carbonyl (C=O) groups excluding carboxylic acids is 1. The molecule has 0 saturated carbocycles. The molecular formula is C15H14N4O2S. The van der Waals surface area contributed by atoms with E-state index >= 15 is 0 Å². The van der Waals surface area contributed by atoms with Gasteiger partial charge in [-0.25, -0.2) is 9.78 Å². The first-order valence-electron chi connectivity index (χ1n) is 6.73. The van der Waals surface area contributed by atoms with E-state index in [0.717, 1.165) is 10.2 Å². The highest BCUT2D eigenvalue weighted by molar-refractivity contribution is 7.22. The van der Waals surface area contributed by atoms with Gasteiger partial charge < -0.3 is 5.32 Å². The largest absolute Gasteiger partial charge is 0.348 e. The van der Waals surface area contributed by atoms with Gasteiger partial charge in [-0.15, -0.1) is 0 Å². The van der Waals surface area contributed by atoms with Crippen LogP contribution in [0.15, 0.2) is 35.1 Å². The summed E-state index contributed by atoms with van der Waals surface area (Å²) in [5, 5.41) is 3.25. The minimum absolute atomic E-state index is 0.0755. The lowest BCUT2D eigenvalue weighted by atomic mass is 10.3. The van der Waals surface area contributed by atoms with E-state index in [2.05, 4.69) is 15.3 Å². The van der Waals surface area contributed by atoms with Crippen molar-refractivity contribution >= 4 is 32.6 Å². The van der Waals surface area contributed by atoms with Gasteiger partial charge in [0.2, 0.25) is 5.91 Å². The number of aromatic nitrogens is 3. The molecule has 0 radical (unpaired) electrons. The summed E-state index contributed by atoms with van der Waals surface area (Å²) in [6.45, 7) is 3.45. The van der Waals surface area contributed by atoms with Crippen LogP contribution in [0.25, 0.3) is 10.2 Å². The number of para-hydroxylation sites is 1. The van der Waals surface area contributed by atoms with E-state index in [1.54, 1.807) is 19.9 Å². The normalized spacial score (nSPS) is 10.8.